The van der Waals surface area contributed by atoms with Crippen molar-refractivity contribution in [3.8, 4) is 5.88 Å². The first-order valence-corrected chi connectivity index (χ1v) is 8.77. The summed E-state index contributed by atoms with van der Waals surface area (Å²) in [7, 11) is 0. The Kier molecular flexibility index (Phi) is 10.7. The van der Waals surface area contributed by atoms with Gasteiger partial charge in [-0.05, 0) is 23.7 Å². The van der Waals surface area contributed by atoms with Gasteiger partial charge < -0.3 is 35.5 Å². The largest absolute Gasteiger partial charge is 0.480 e. The SMILES string of the molecule is Cl.NCCCOc1cc(C(=O)NC[C@H](NC(=O)OCc2ccccc2)C(=O)O)on1. The predicted octanol–water partition coefficient (Wildman–Crippen LogP) is 0.933. The molecule has 0 spiro atoms. The number of carbonyl (C=O) groups is 3. The Labute approximate surface area is 178 Å². The van der Waals surface area contributed by atoms with Gasteiger partial charge in [-0.25, -0.2) is 9.59 Å². The second kappa shape index (κ2) is 13.0. The number of carboxylic acids is 1. The van der Waals surface area contributed by atoms with E-state index < -0.39 is 30.6 Å². The Morgan fingerprint density at radius 2 is 1.97 bits per heavy atom. The van der Waals surface area contributed by atoms with E-state index in [2.05, 4.69) is 15.8 Å². The Balaban J connectivity index is 0.00000450. The van der Waals surface area contributed by atoms with Crippen LogP contribution in [-0.2, 0) is 16.1 Å². The standard InChI is InChI=1S/C18H22N4O7.ClH/c19-7-4-8-27-15-9-14(29-22-15)16(23)20-10-13(17(24)25)21-18(26)28-11-12-5-2-1-3-6-12;/h1-3,5-6,9,13H,4,7-8,10-11,19H2,(H,20,23)(H,21,26)(H,24,25);1H/t13-;/m0./s1. The van der Waals surface area contributed by atoms with E-state index in [4.69, 9.17) is 19.7 Å². The molecule has 0 bridgehead atoms. The molecule has 0 saturated carbocycles. The zero-order valence-electron chi connectivity index (χ0n) is 15.9. The average Bonchev–Trinajstić information content (AvgIpc) is 3.19. The fourth-order valence-electron chi connectivity index (χ4n) is 2.08. The van der Waals surface area contributed by atoms with Crippen molar-refractivity contribution in [1.82, 2.24) is 15.8 Å². The number of rotatable bonds is 11. The van der Waals surface area contributed by atoms with Gasteiger partial charge in [-0.2, -0.15) is 0 Å². The minimum atomic E-state index is -1.40. The molecule has 5 N–H and O–H groups in total. The molecule has 1 aromatic carbocycles. The summed E-state index contributed by atoms with van der Waals surface area (Å²) in [6.45, 7) is 0.359. The molecular weight excluding hydrogens is 420 g/mol. The van der Waals surface area contributed by atoms with Gasteiger partial charge in [-0.15, -0.1) is 12.4 Å². The van der Waals surface area contributed by atoms with Crippen LogP contribution in [0.1, 0.15) is 22.5 Å². The molecule has 0 aliphatic carbocycles. The van der Waals surface area contributed by atoms with Crippen molar-refractivity contribution in [1.29, 1.82) is 0 Å². The van der Waals surface area contributed by atoms with Crippen LogP contribution in [0.5, 0.6) is 5.88 Å². The van der Waals surface area contributed by atoms with Crippen LogP contribution in [0.25, 0.3) is 0 Å². The highest BCUT2D eigenvalue weighted by molar-refractivity contribution is 5.92. The molecule has 0 saturated heterocycles. The highest BCUT2D eigenvalue weighted by Crippen LogP contribution is 2.11. The number of hydrogen-bond acceptors (Lipinski definition) is 8. The molecular formula is C18H23ClN4O7. The predicted molar refractivity (Wildman–Crippen MR) is 106 cm³/mol. The maximum absolute atomic E-state index is 12.1. The van der Waals surface area contributed by atoms with Crippen LogP contribution in [0.15, 0.2) is 40.9 Å². The molecule has 1 heterocycles. The average molecular weight is 443 g/mol. The van der Waals surface area contributed by atoms with Crippen molar-refractivity contribution in [2.45, 2.75) is 19.1 Å². The molecule has 0 radical (unpaired) electrons. The van der Waals surface area contributed by atoms with Gasteiger partial charge in [0.1, 0.15) is 12.6 Å². The number of amides is 2. The summed E-state index contributed by atoms with van der Waals surface area (Å²) in [6.07, 6.45) is -0.313. The lowest BCUT2D eigenvalue weighted by Gasteiger charge is -2.15. The number of carbonyl (C=O) groups excluding carboxylic acids is 2. The van der Waals surface area contributed by atoms with E-state index in [1.807, 2.05) is 6.07 Å². The number of nitrogens with two attached hydrogens (primary N) is 1. The van der Waals surface area contributed by atoms with Crippen LogP contribution in [0.2, 0.25) is 0 Å². The van der Waals surface area contributed by atoms with E-state index in [0.717, 1.165) is 5.56 Å². The number of alkyl carbamates (subject to hydrolysis) is 1. The number of aliphatic carboxylic acids is 1. The van der Waals surface area contributed by atoms with Gasteiger partial charge in [-0.3, -0.25) is 4.79 Å². The van der Waals surface area contributed by atoms with Gasteiger partial charge >= 0.3 is 12.1 Å². The Morgan fingerprint density at radius 1 is 1.23 bits per heavy atom. The number of ether oxygens (including phenoxy) is 2. The van der Waals surface area contributed by atoms with E-state index in [9.17, 15) is 19.5 Å². The smallest absolute Gasteiger partial charge is 0.408 e. The molecule has 2 amide bonds. The summed E-state index contributed by atoms with van der Waals surface area (Å²) in [5.41, 5.74) is 6.09. The molecule has 12 heteroatoms. The number of carboxylic acid groups (broad SMARTS) is 1. The highest BCUT2D eigenvalue weighted by atomic mass is 35.5. The van der Waals surface area contributed by atoms with Crippen LogP contribution in [0, 0.1) is 0 Å². The van der Waals surface area contributed by atoms with E-state index >= 15 is 0 Å². The lowest BCUT2D eigenvalue weighted by molar-refractivity contribution is -0.139. The third-order valence-corrected chi connectivity index (χ3v) is 3.58. The number of benzene rings is 1. The zero-order valence-corrected chi connectivity index (χ0v) is 16.7. The molecule has 1 atom stereocenters. The monoisotopic (exact) mass is 442 g/mol. The van der Waals surface area contributed by atoms with Crippen molar-refractivity contribution < 1.29 is 33.5 Å². The molecule has 0 aliphatic heterocycles. The van der Waals surface area contributed by atoms with Crippen LogP contribution < -0.4 is 21.1 Å². The number of nitrogens with zero attached hydrogens (tertiary/aromatic N) is 1. The maximum Gasteiger partial charge on any atom is 0.408 e. The Bertz CT molecular complexity index is 816. The summed E-state index contributed by atoms with van der Waals surface area (Å²) < 4.78 is 15.0. The van der Waals surface area contributed by atoms with Crippen LogP contribution in [0.3, 0.4) is 0 Å². The Morgan fingerprint density at radius 3 is 2.63 bits per heavy atom. The number of nitrogens with one attached hydrogen (secondary N) is 2. The van der Waals surface area contributed by atoms with E-state index in [-0.39, 0.29) is 30.7 Å². The fraction of sp³-hybridized carbons (Fsp3) is 0.333. The second-order valence-electron chi connectivity index (χ2n) is 5.83. The normalized spacial score (nSPS) is 11.0. The van der Waals surface area contributed by atoms with Crippen molar-refractivity contribution in [3.63, 3.8) is 0 Å². The van der Waals surface area contributed by atoms with Crippen LogP contribution in [-0.4, -0.2) is 54.0 Å². The van der Waals surface area contributed by atoms with Gasteiger partial charge in [0.05, 0.1) is 12.7 Å². The molecule has 164 valence electrons. The number of halogens is 1. The zero-order chi connectivity index (χ0) is 21.1. The summed E-state index contributed by atoms with van der Waals surface area (Å²) in [5.74, 6) is -2.10. The quantitative estimate of drug-likeness (QED) is 0.370. The van der Waals surface area contributed by atoms with Gasteiger partial charge in [-0.1, -0.05) is 30.3 Å². The number of aromatic nitrogens is 1. The van der Waals surface area contributed by atoms with Crippen molar-refractivity contribution in [3.05, 3.63) is 47.7 Å². The topological polar surface area (TPSA) is 166 Å². The molecule has 0 fully saturated rings. The fourth-order valence-corrected chi connectivity index (χ4v) is 2.08. The molecule has 2 aromatic rings. The lowest BCUT2D eigenvalue weighted by Crippen LogP contribution is -2.48. The van der Waals surface area contributed by atoms with Crippen LogP contribution in [0.4, 0.5) is 4.79 Å². The van der Waals surface area contributed by atoms with E-state index in [0.29, 0.717) is 19.6 Å². The third-order valence-electron chi connectivity index (χ3n) is 3.58. The summed E-state index contributed by atoms with van der Waals surface area (Å²) in [6, 6.07) is 8.76. The van der Waals surface area contributed by atoms with Gasteiger partial charge in [0.15, 0.2) is 0 Å². The summed E-state index contributed by atoms with van der Waals surface area (Å²) >= 11 is 0. The van der Waals surface area contributed by atoms with Crippen LogP contribution >= 0.6 is 12.4 Å². The molecule has 0 aliphatic rings. The molecule has 1 aromatic heterocycles. The van der Waals surface area contributed by atoms with Crippen molar-refractivity contribution >= 4 is 30.4 Å². The molecule has 11 nitrogen and oxygen atoms in total. The van der Waals surface area contributed by atoms with E-state index in [1.54, 1.807) is 24.3 Å². The maximum atomic E-state index is 12.1. The Hall–Kier alpha value is -3.31. The first kappa shape index (κ1) is 24.7. The summed E-state index contributed by atoms with van der Waals surface area (Å²) in [4.78, 5) is 35.2. The van der Waals surface area contributed by atoms with E-state index in [1.165, 1.54) is 6.07 Å². The highest BCUT2D eigenvalue weighted by Gasteiger charge is 2.23. The summed E-state index contributed by atoms with van der Waals surface area (Å²) in [5, 5.41) is 17.3. The minimum Gasteiger partial charge on any atom is -0.480 e. The van der Waals surface area contributed by atoms with Gasteiger partial charge in [0, 0.05) is 6.54 Å². The number of hydrogen-bond donors (Lipinski definition) is 4. The first-order valence-electron chi connectivity index (χ1n) is 8.77. The van der Waals surface area contributed by atoms with Crippen molar-refractivity contribution in [2.75, 3.05) is 19.7 Å². The molecule has 30 heavy (non-hydrogen) atoms. The first-order chi connectivity index (χ1) is 14.0. The second-order valence-corrected chi connectivity index (χ2v) is 5.83. The van der Waals surface area contributed by atoms with Gasteiger partial charge in [0.2, 0.25) is 5.76 Å². The minimum absolute atomic E-state index is 0. The molecule has 2 rings (SSSR count). The van der Waals surface area contributed by atoms with Crippen molar-refractivity contribution in [2.24, 2.45) is 5.73 Å². The molecule has 0 unspecified atom stereocenters. The lowest BCUT2D eigenvalue weighted by atomic mass is 10.2. The van der Waals surface area contributed by atoms with Gasteiger partial charge in [0.25, 0.3) is 11.8 Å². The third kappa shape index (κ3) is 8.37.